The lowest BCUT2D eigenvalue weighted by Gasteiger charge is -2.13. The van der Waals surface area contributed by atoms with Crippen LogP contribution in [0.3, 0.4) is 0 Å². The number of halogens is 4. The number of hydrogen-bond donors (Lipinski definition) is 0. The van der Waals surface area contributed by atoms with Crippen molar-refractivity contribution in [1.82, 2.24) is 9.47 Å². The van der Waals surface area contributed by atoms with Crippen LogP contribution >= 0.6 is 62.5 Å². The van der Waals surface area contributed by atoms with E-state index in [0.29, 0.717) is 44.4 Å². The Morgan fingerprint density at radius 2 is 1.78 bits per heavy atom. The number of carbonyl (C=O) groups excluding carboxylic acids is 2. The smallest absolute Gasteiger partial charge is 0.293 e. The number of ether oxygens (including phenoxy) is 1. The number of aromatic nitrogens is 1. The van der Waals surface area contributed by atoms with Gasteiger partial charge in [0.2, 0.25) is 0 Å². The molecule has 2 heterocycles. The molecule has 1 aliphatic rings. The average molecular weight is 637 g/mol. The van der Waals surface area contributed by atoms with Crippen LogP contribution in [0.2, 0.25) is 15.1 Å². The molecule has 0 atom stereocenters. The zero-order valence-corrected chi connectivity index (χ0v) is 23.8. The molecule has 2 amide bonds. The third-order valence-corrected chi connectivity index (χ3v) is 8.10. The lowest BCUT2D eigenvalue weighted by Crippen LogP contribution is -2.27. The summed E-state index contributed by atoms with van der Waals surface area (Å²) in [6.45, 7) is 1.04. The van der Waals surface area contributed by atoms with Crippen LogP contribution in [0.1, 0.15) is 11.1 Å². The number of carbonyl (C=O) groups is 2. The van der Waals surface area contributed by atoms with Gasteiger partial charge >= 0.3 is 0 Å². The van der Waals surface area contributed by atoms with Crippen molar-refractivity contribution < 1.29 is 14.3 Å². The Labute approximate surface area is 241 Å². The lowest BCUT2D eigenvalue weighted by molar-refractivity contribution is -0.123. The predicted molar refractivity (Wildman–Crippen MR) is 155 cm³/mol. The largest absolute Gasteiger partial charge is 0.490 e. The van der Waals surface area contributed by atoms with Crippen LogP contribution in [0, 0.1) is 0 Å². The van der Waals surface area contributed by atoms with Gasteiger partial charge in [0, 0.05) is 37.2 Å². The molecule has 3 aromatic carbocycles. The molecule has 5 nitrogen and oxygen atoms in total. The van der Waals surface area contributed by atoms with Crippen LogP contribution in [0.25, 0.3) is 17.0 Å². The number of thioether (sulfide) groups is 1. The molecule has 0 bridgehead atoms. The molecule has 4 aromatic rings. The van der Waals surface area contributed by atoms with Crippen molar-refractivity contribution in [3.8, 4) is 5.75 Å². The first-order valence-corrected chi connectivity index (χ1v) is 13.9. The summed E-state index contributed by atoms with van der Waals surface area (Å²) >= 11 is 22.9. The summed E-state index contributed by atoms with van der Waals surface area (Å²) in [7, 11) is 0. The van der Waals surface area contributed by atoms with Crippen molar-refractivity contribution >= 4 is 90.6 Å². The topological polar surface area (TPSA) is 51.5 Å². The van der Waals surface area contributed by atoms with E-state index < -0.39 is 0 Å². The van der Waals surface area contributed by atoms with Gasteiger partial charge < -0.3 is 9.30 Å². The highest BCUT2D eigenvalue weighted by atomic mass is 79.9. The quantitative estimate of drug-likeness (QED) is 0.191. The summed E-state index contributed by atoms with van der Waals surface area (Å²) < 4.78 is 8.83. The van der Waals surface area contributed by atoms with Crippen LogP contribution in [0.15, 0.2) is 76.2 Å². The molecule has 0 saturated carbocycles. The molecular weight excluding hydrogens is 619 g/mol. The maximum absolute atomic E-state index is 13.2. The Bertz CT molecular complexity index is 1570. The normalized spacial score (nSPS) is 14.8. The molecule has 1 aromatic heterocycles. The number of imide groups is 1. The van der Waals surface area contributed by atoms with E-state index in [1.807, 2.05) is 42.6 Å². The number of nitrogens with zero attached hydrogens (tertiary/aromatic N) is 2. The number of fused-ring (bicyclic) bond motifs is 1. The first-order valence-electron chi connectivity index (χ1n) is 11.1. The summed E-state index contributed by atoms with van der Waals surface area (Å²) in [5.74, 6) is 0.261. The maximum atomic E-state index is 13.2. The van der Waals surface area contributed by atoms with Gasteiger partial charge in [0.05, 0.1) is 23.0 Å². The third-order valence-electron chi connectivity index (χ3n) is 5.80. The number of hydrogen-bond acceptors (Lipinski definition) is 4. The predicted octanol–water partition coefficient (Wildman–Crippen LogP) is 8.68. The minimum absolute atomic E-state index is 0.0741. The molecule has 0 radical (unpaired) electrons. The second kappa shape index (κ2) is 11.1. The van der Waals surface area contributed by atoms with E-state index in [1.54, 1.807) is 30.3 Å². The molecule has 10 heteroatoms. The molecule has 1 saturated heterocycles. The molecule has 1 fully saturated rings. The fraction of sp³-hybridized carbons (Fsp3) is 0.111. The van der Waals surface area contributed by atoms with Gasteiger partial charge in [-0.1, -0.05) is 68.9 Å². The Morgan fingerprint density at radius 3 is 2.57 bits per heavy atom. The SMILES string of the molecule is O=C1S/C(=C\c2cn(CCOc3ccccc3Cl)c3ccc(Br)cc23)C(=O)N1Cc1ccc(Cl)cc1Cl. The first kappa shape index (κ1) is 26.2. The second-order valence-corrected chi connectivity index (χ2v) is 11.4. The minimum atomic E-state index is -0.362. The van der Waals surface area contributed by atoms with Crippen molar-refractivity contribution in [2.75, 3.05) is 6.61 Å². The molecule has 37 heavy (non-hydrogen) atoms. The molecule has 0 unspecified atom stereocenters. The highest BCUT2D eigenvalue weighted by Crippen LogP contribution is 2.36. The first-order chi connectivity index (χ1) is 17.8. The number of amides is 2. The molecular formula is C27H18BrCl3N2O3S. The number of para-hydroxylation sites is 1. The fourth-order valence-corrected chi connectivity index (χ4v) is 5.86. The van der Waals surface area contributed by atoms with Crippen molar-refractivity contribution in [1.29, 1.82) is 0 Å². The van der Waals surface area contributed by atoms with Gasteiger partial charge in [0.1, 0.15) is 12.4 Å². The number of benzene rings is 3. The van der Waals surface area contributed by atoms with Gasteiger partial charge in [-0.05, 0) is 65.9 Å². The summed E-state index contributed by atoms with van der Waals surface area (Å²) in [6.07, 6.45) is 3.71. The van der Waals surface area contributed by atoms with Crippen LogP contribution in [0.5, 0.6) is 5.75 Å². The Morgan fingerprint density at radius 1 is 0.973 bits per heavy atom. The zero-order valence-electron chi connectivity index (χ0n) is 19.1. The van der Waals surface area contributed by atoms with Crippen LogP contribution in [-0.2, 0) is 17.9 Å². The zero-order chi connectivity index (χ0) is 26.1. The van der Waals surface area contributed by atoms with Crippen molar-refractivity contribution in [3.05, 3.63) is 102 Å². The van der Waals surface area contributed by atoms with E-state index in [0.717, 1.165) is 32.7 Å². The highest BCUT2D eigenvalue weighted by molar-refractivity contribution is 9.10. The highest BCUT2D eigenvalue weighted by Gasteiger charge is 2.35. The molecule has 0 N–H and O–H groups in total. The van der Waals surface area contributed by atoms with Gasteiger partial charge in [-0.2, -0.15) is 0 Å². The van der Waals surface area contributed by atoms with E-state index in [4.69, 9.17) is 39.5 Å². The van der Waals surface area contributed by atoms with Crippen LogP contribution in [0.4, 0.5) is 4.79 Å². The fourth-order valence-electron chi connectivity index (χ4n) is 4.01. The number of rotatable bonds is 7. The Kier molecular flexibility index (Phi) is 7.88. The molecule has 5 rings (SSSR count). The van der Waals surface area contributed by atoms with E-state index in [-0.39, 0.29) is 17.7 Å². The van der Waals surface area contributed by atoms with Crippen LogP contribution < -0.4 is 4.74 Å². The summed E-state index contributed by atoms with van der Waals surface area (Å²) in [4.78, 5) is 27.4. The lowest BCUT2D eigenvalue weighted by atomic mass is 10.1. The Balaban J connectivity index is 1.40. The summed E-state index contributed by atoms with van der Waals surface area (Å²) in [5.41, 5.74) is 2.45. The van der Waals surface area contributed by atoms with Gasteiger partial charge in [-0.15, -0.1) is 0 Å². The summed E-state index contributed by atoms with van der Waals surface area (Å²) in [6, 6.07) is 18.3. The van der Waals surface area contributed by atoms with Gasteiger partial charge in [0.15, 0.2) is 0 Å². The van der Waals surface area contributed by atoms with Crippen LogP contribution in [-0.4, -0.2) is 27.2 Å². The maximum Gasteiger partial charge on any atom is 0.293 e. The molecule has 0 spiro atoms. The van der Waals surface area contributed by atoms with Crippen molar-refractivity contribution in [2.45, 2.75) is 13.1 Å². The van der Waals surface area contributed by atoms with E-state index >= 15 is 0 Å². The van der Waals surface area contributed by atoms with E-state index in [2.05, 4.69) is 20.5 Å². The standard InChI is InChI=1S/C27H18BrCl3N2O3S/c28-18-6-8-23-20(12-18)17(14-32(23)9-10-36-24-4-2-1-3-21(24)30)11-25-26(34)33(27(35)37-25)15-16-5-7-19(29)13-22(16)31/h1-8,11-14H,9-10,15H2/b25-11-. The van der Waals surface area contributed by atoms with E-state index in [1.165, 1.54) is 4.90 Å². The van der Waals surface area contributed by atoms with E-state index in [9.17, 15) is 9.59 Å². The van der Waals surface area contributed by atoms with Crippen molar-refractivity contribution in [2.24, 2.45) is 0 Å². The van der Waals surface area contributed by atoms with Crippen molar-refractivity contribution in [3.63, 3.8) is 0 Å². The molecule has 0 aliphatic carbocycles. The second-order valence-electron chi connectivity index (χ2n) is 8.22. The van der Waals surface area contributed by atoms with Gasteiger partial charge in [0.25, 0.3) is 11.1 Å². The molecule has 1 aliphatic heterocycles. The van der Waals surface area contributed by atoms with Gasteiger partial charge in [-0.3, -0.25) is 14.5 Å². The Hall–Kier alpha value is -2.42. The average Bonchev–Trinajstić information content (AvgIpc) is 3.33. The third kappa shape index (κ3) is 5.71. The summed E-state index contributed by atoms with van der Waals surface area (Å²) in [5, 5.41) is 2.05. The van der Waals surface area contributed by atoms with Gasteiger partial charge in [-0.25, -0.2) is 0 Å². The minimum Gasteiger partial charge on any atom is -0.490 e. The monoisotopic (exact) mass is 634 g/mol. The molecule has 188 valence electrons.